The van der Waals surface area contributed by atoms with Crippen LogP contribution in [0.1, 0.15) is 32.0 Å². The zero-order chi connectivity index (χ0) is 21.0. The molecule has 0 aliphatic carbocycles. The van der Waals surface area contributed by atoms with E-state index in [4.69, 9.17) is 9.47 Å². The quantitative estimate of drug-likeness (QED) is 0.356. The molecule has 3 aromatic rings. The molecule has 0 saturated heterocycles. The summed E-state index contributed by atoms with van der Waals surface area (Å²) in [4.78, 5) is 8.97. The molecule has 1 aromatic heterocycles. The van der Waals surface area contributed by atoms with Crippen LogP contribution in [0.15, 0.2) is 53.7 Å². The SMILES string of the molecule is COc1ccc(Oc2cc(C(C)(C)C)nc(SCc3c(F)cccc3F)n2)cc1. The van der Waals surface area contributed by atoms with Gasteiger partial charge in [0.05, 0.1) is 12.8 Å². The smallest absolute Gasteiger partial charge is 0.223 e. The number of hydrogen-bond acceptors (Lipinski definition) is 5. The highest BCUT2D eigenvalue weighted by molar-refractivity contribution is 7.98. The van der Waals surface area contributed by atoms with Gasteiger partial charge < -0.3 is 9.47 Å². The third-order valence-electron chi connectivity index (χ3n) is 4.14. The topological polar surface area (TPSA) is 44.2 Å². The van der Waals surface area contributed by atoms with E-state index in [1.165, 1.54) is 18.2 Å². The zero-order valence-electron chi connectivity index (χ0n) is 16.7. The molecule has 152 valence electrons. The number of benzene rings is 2. The van der Waals surface area contributed by atoms with Crippen molar-refractivity contribution in [3.05, 3.63) is 71.4 Å². The van der Waals surface area contributed by atoms with Crippen LogP contribution in [0, 0.1) is 11.6 Å². The van der Waals surface area contributed by atoms with Gasteiger partial charge in [-0.25, -0.2) is 13.8 Å². The van der Waals surface area contributed by atoms with Crippen LogP contribution in [0.4, 0.5) is 8.78 Å². The molecular formula is C22H22F2N2O2S. The third kappa shape index (κ3) is 5.44. The van der Waals surface area contributed by atoms with Gasteiger partial charge in [0.2, 0.25) is 5.88 Å². The number of methoxy groups -OCH3 is 1. The monoisotopic (exact) mass is 416 g/mol. The average Bonchev–Trinajstić information content (AvgIpc) is 2.67. The highest BCUT2D eigenvalue weighted by Crippen LogP contribution is 2.31. The van der Waals surface area contributed by atoms with E-state index in [0.29, 0.717) is 16.8 Å². The van der Waals surface area contributed by atoms with Crippen LogP contribution in [0.3, 0.4) is 0 Å². The van der Waals surface area contributed by atoms with Gasteiger partial charge in [0.25, 0.3) is 0 Å². The molecule has 1 heterocycles. The molecule has 0 spiro atoms. The number of nitrogens with zero attached hydrogens (tertiary/aromatic N) is 2. The lowest BCUT2D eigenvalue weighted by molar-refractivity contribution is 0.411. The molecule has 0 bridgehead atoms. The van der Waals surface area contributed by atoms with Gasteiger partial charge in [-0.15, -0.1) is 0 Å². The molecule has 4 nitrogen and oxygen atoms in total. The maximum atomic E-state index is 13.9. The number of thioether (sulfide) groups is 1. The molecule has 0 unspecified atom stereocenters. The van der Waals surface area contributed by atoms with Gasteiger partial charge in [-0.3, -0.25) is 0 Å². The normalized spacial score (nSPS) is 11.4. The van der Waals surface area contributed by atoms with Crippen molar-refractivity contribution in [2.75, 3.05) is 7.11 Å². The van der Waals surface area contributed by atoms with Gasteiger partial charge in [0.15, 0.2) is 5.16 Å². The minimum Gasteiger partial charge on any atom is -0.497 e. The molecule has 0 aliphatic rings. The summed E-state index contributed by atoms with van der Waals surface area (Å²) in [7, 11) is 1.60. The molecular weight excluding hydrogens is 394 g/mol. The van der Waals surface area contributed by atoms with Gasteiger partial charge in [-0.05, 0) is 36.4 Å². The molecule has 0 saturated carbocycles. The van der Waals surface area contributed by atoms with E-state index in [2.05, 4.69) is 9.97 Å². The van der Waals surface area contributed by atoms with E-state index >= 15 is 0 Å². The molecule has 29 heavy (non-hydrogen) atoms. The Hall–Kier alpha value is -2.67. The number of hydrogen-bond donors (Lipinski definition) is 0. The van der Waals surface area contributed by atoms with Crippen LogP contribution in [0.25, 0.3) is 0 Å². The Kier molecular flexibility index (Phi) is 6.37. The summed E-state index contributed by atoms with van der Waals surface area (Å²) in [5.41, 5.74) is 0.520. The summed E-state index contributed by atoms with van der Waals surface area (Å²) in [6.07, 6.45) is 0. The maximum Gasteiger partial charge on any atom is 0.223 e. The van der Waals surface area contributed by atoms with Gasteiger partial charge in [0.1, 0.15) is 23.1 Å². The second-order valence-electron chi connectivity index (χ2n) is 7.39. The Labute approximate surface area is 173 Å². The van der Waals surface area contributed by atoms with Crippen LogP contribution in [0.2, 0.25) is 0 Å². The summed E-state index contributed by atoms with van der Waals surface area (Å²) in [5, 5.41) is 0.392. The Morgan fingerprint density at radius 2 is 1.55 bits per heavy atom. The number of ether oxygens (including phenoxy) is 2. The first-order valence-electron chi connectivity index (χ1n) is 9.03. The minimum atomic E-state index is -0.584. The van der Waals surface area contributed by atoms with Crippen LogP contribution in [-0.4, -0.2) is 17.1 Å². The van der Waals surface area contributed by atoms with Crippen molar-refractivity contribution in [3.63, 3.8) is 0 Å². The Bertz CT molecular complexity index is 969. The Balaban J connectivity index is 1.87. The summed E-state index contributed by atoms with van der Waals surface area (Å²) < 4.78 is 38.9. The van der Waals surface area contributed by atoms with Gasteiger partial charge >= 0.3 is 0 Å². The fourth-order valence-electron chi connectivity index (χ4n) is 2.48. The van der Waals surface area contributed by atoms with E-state index in [0.717, 1.165) is 23.2 Å². The molecule has 0 aliphatic heterocycles. The summed E-state index contributed by atoms with van der Waals surface area (Å²) in [5.74, 6) is 0.595. The number of halogens is 2. The molecule has 7 heteroatoms. The first kappa shape index (κ1) is 21.0. The van der Waals surface area contributed by atoms with E-state index in [9.17, 15) is 8.78 Å². The first-order chi connectivity index (χ1) is 13.8. The van der Waals surface area contributed by atoms with E-state index < -0.39 is 11.6 Å². The van der Waals surface area contributed by atoms with Crippen LogP contribution >= 0.6 is 11.8 Å². The molecule has 2 aromatic carbocycles. The van der Waals surface area contributed by atoms with Crippen molar-refractivity contribution in [2.24, 2.45) is 0 Å². The second-order valence-corrected chi connectivity index (χ2v) is 8.33. The zero-order valence-corrected chi connectivity index (χ0v) is 17.5. The molecule has 0 fully saturated rings. The highest BCUT2D eigenvalue weighted by Gasteiger charge is 2.20. The maximum absolute atomic E-state index is 13.9. The van der Waals surface area contributed by atoms with Crippen molar-refractivity contribution in [1.29, 1.82) is 0 Å². The Morgan fingerprint density at radius 3 is 2.14 bits per heavy atom. The minimum absolute atomic E-state index is 0.000107. The summed E-state index contributed by atoms with van der Waals surface area (Å²) >= 11 is 1.16. The first-order valence-corrected chi connectivity index (χ1v) is 10.0. The average molecular weight is 416 g/mol. The van der Waals surface area contributed by atoms with Gasteiger partial charge in [-0.1, -0.05) is 38.6 Å². The van der Waals surface area contributed by atoms with Crippen molar-refractivity contribution in [2.45, 2.75) is 37.1 Å². The van der Waals surface area contributed by atoms with Gasteiger partial charge in [0, 0.05) is 22.8 Å². The lowest BCUT2D eigenvalue weighted by atomic mass is 9.92. The molecule has 0 radical (unpaired) electrons. The van der Waals surface area contributed by atoms with Crippen LogP contribution in [0.5, 0.6) is 17.4 Å². The van der Waals surface area contributed by atoms with E-state index in [-0.39, 0.29) is 16.7 Å². The van der Waals surface area contributed by atoms with E-state index in [1.54, 1.807) is 37.4 Å². The fourth-order valence-corrected chi connectivity index (χ4v) is 3.34. The van der Waals surface area contributed by atoms with Crippen LogP contribution in [-0.2, 0) is 11.2 Å². The van der Waals surface area contributed by atoms with Crippen molar-refractivity contribution >= 4 is 11.8 Å². The van der Waals surface area contributed by atoms with E-state index in [1.807, 2.05) is 20.8 Å². The standard InChI is InChI=1S/C22H22F2N2O2S/c1-22(2,3)19-12-20(28-15-10-8-14(27-4)9-11-15)26-21(25-19)29-13-16-17(23)6-5-7-18(16)24/h5-12H,13H2,1-4H3. The van der Waals surface area contributed by atoms with Crippen molar-refractivity contribution in [3.8, 4) is 17.4 Å². The second kappa shape index (κ2) is 8.78. The Morgan fingerprint density at radius 1 is 0.931 bits per heavy atom. The van der Waals surface area contributed by atoms with Gasteiger partial charge in [-0.2, -0.15) is 4.98 Å². The summed E-state index contributed by atoms with van der Waals surface area (Å²) in [6.45, 7) is 6.08. The highest BCUT2D eigenvalue weighted by atomic mass is 32.2. The predicted octanol–water partition coefficient (Wildman–Crippen LogP) is 6.15. The molecule has 0 amide bonds. The van der Waals surface area contributed by atoms with Crippen LogP contribution < -0.4 is 9.47 Å². The number of rotatable bonds is 6. The fraction of sp³-hybridized carbons (Fsp3) is 0.273. The number of aromatic nitrogens is 2. The molecule has 0 atom stereocenters. The molecule has 3 rings (SSSR count). The lowest BCUT2D eigenvalue weighted by Gasteiger charge is -2.19. The lowest BCUT2D eigenvalue weighted by Crippen LogP contribution is -2.14. The molecule has 0 N–H and O–H groups in total. The largest absolute Gasteiger partial charge is 0.497 e. The van der Waals surface area contributed by atoms with Crippen molar-refractivity contribution < 1.29 is 18.3 Å². The van der Waals surface area contributed by atoms with Crippen molar-refractivity contribution in [1.82, 2.24) is 9.97 Å². The predicted molar refractivity (Wildman–Crippen MR) is 110 cm³/mol. The summed E-state index contributed by atoms with van der Waals surface area (Å²) in [6, 6.07) is 12.7. The third-order valence-corrected chi connectivity index (χ3v) is 5.01.